The molecule has 0 bridgehead atoms. The van der Waals surface area contributed by atoms with Crippen LogP contribution in [0.15, 0.2) is 59.7 Å². The molecule has 4 heteroatoms. The van der Waals surface area contributed by atoms with E-state index in [4.69, 9.17) is 0 Å². The van der Waals surface area contributed by atoms with E-state index in [0.29, 0.717) is 0 Å². The van der Waals surface area contributed by atoms with Gasteiger partial charge in [0.1, 0.15) is 0 Å². The predicted octanol–water partition coefficient (Wildman–Crippen LogP) is 0.714. The van der Waals surface area contributed by atoms with Gasteiger partial charge < -0.3 is 24.8 Å². The molecule has 0 amide bonds. The van der Waals surface area contributed by atoms with Crippen LogP contribution in [-0.4, -0.2) is 5.43 Å². The van der Waals surface area contributed by atoms with Crippen molar-refractivity contribution in [3.05, 3.63) is 81.9 Å². The second kappa shape index (κ2) is 8.38. The summed E-state index contributed by atoms with van der Waals surface area (Å²) < 4.78 is 1.66. The summed E-state index contributed by atoms with van der Waals surface area (Å²) in [6, 6.07) is 18.7. The zero-order valence-electron chi connectivity index (χ0n) is 16.9. The molecule has 2 aromatic rings. The first-order valence-corrected chi connectivity index (χ1v) is 18.9. The fourth-order valence-electron chi connectivity index (χ4n) is 5.72. The van der Waals surface area contributed by atoms with Crippen molar-refractivity contribution in [1.29, 1.82) is 0 Å². The Labute approximate surface area is 189 Å². The van der Waals surface area contributed by atoms with Crippen molar-refractivity contribution in [2.45, 2.75) is 47.0 Å². The monoisotopic (exact) mass is 502 g/mol. The van der Waals surface area contributed by atoms with Crippen molar-refractivity contribution < 1.29 is 45.2 Å². The van der Waals surface area contributed by atoms with E-state index < -0.39 is 20.4 Å². The molecule has 0 spiro atoms. The molecule has 2 atom stereocenters. The van der Waals surface area contributed by atoms with Crippen molar-refractivity contribution >= 4 is 16.6 Å². The number of allylic oxidation sites excluding steroid dienone is 4. The quantitative estimate of drug-likeness (QED) is 0.464. The smallest absolute Gasteiger partial charge is 1.00 e. The Hall–Kier alpha value is -0.400. The van der Waals surface area contributed by atoms with Crippen LogP contribution in [0.2, 0.25) is 13.1 Å². The number of halogens is 2. The summed E-state index contributed by atoms with van der Waals surface area (Å²) in [6.45, 7) is 10.1. The Balaban J connectivity index is 0.00000112. The van der Waals surface area contributed by atoms with Gasteiger partial charge in [-0.05, 0) is 0 Å². The van der Waals surface area contributed by atoms with E-state index in [0.717, 1.165) is 7.25 Å². The molecular weight excluding hydrogens is 478 g/mol. The fraction of sp³-hybridized carbons (Fsp3) is 0.333. The molecule has 28 heavy (non-hydrogen) atoms. The third-order valence-electron chi connectivity index (χ3n) is 6.87. The van der Waals surface area contributed by atoms with Crippen molar-refractivity contribution in [2.75, 3.05) is 0 Å². The van der Waals surface area contributed by atoms with Crippen LogP contribution in [0, 0.1) is 0 Å². The minimum absolute atomic E-state index is 0. The number of rotatable bonds is 0. The standard InChI is InChI=1S/C22H20.C2H6Si.2ClH.Zr/c1-15-17(13-19-7-3-5-9-21(15)19)11-12-18-14-20-8-4-6-10-22(20)16(18)2;1-3-2;;;/h3-10,13-14H,11-12H2,1-2H3;1-2H3;2*1H;/q;;;;+2/p-2. The molecule has 1 heterocycles. The van der Waals surface area contributed by atoms with Crippen molar-refractivity contribution in [3.8, 4) is 0 Å². The first kappa shape index (κ1) is 22.3. The van der Waals surface area contributed by atoms with E-state index in [-0.39, 0.29) is 30.2 Å². The largest absolute Gasteiger partial charge is 1.00 e. The van der Waals surface area contributed by atoms with Gasteiger partial charge in [0.05, 0.1) is 0 Å². The van der Waals surface area contributed by atoms with Gasteiger partial charge in [-0.3, -0.25) is 0 Å². The summed E-state index contributed by atoms with van der Waals surface area (Å²) in [7, 11) is 0. The fourth-order valence-corrected chi connectivity index (χ4v) is 26.6. The minimum Gasteiger partial charge on any atom is -1.00 e. The molecule has 2 aromatic carbocycles. The summed E-state index contributed by atoms with van der Waals surface area (Å²) in [5.41, 5.74) is 13.2. The van der Waals surface area contributed by atoms with Gasteiger partial charge in [-0.15, -0.1) is 0 Å². The van der Waals surface area contributed by atoms with Crippen LogP contribution in [0.3, 0.4) is 0 Å². The molecule has 0 nitrogen and oxygen atoms in total. The zero-order valence-corrected chi connectivity index (χ0v) is 21.9. The zero-order chi connectivity index (χ0) is 18.0. The van der Waals surface area contributed by atoms with Crippen LogP contribution >= 0.6 is 0 Å². The van der Waals surface area contributed by atoms with Crippen LogP contribution in [-0.2, 0) is 20.4 Å². The Morgan fingerprint density at radius 1 is 0.714 bits per heavy atom. The SMILES string of the molecule is CC1=C2CCC3=C(C)c4ccccc4[CH]3[Zr+2](=[Si](C)C)[CH]2c2ccccc21.[Cl-].[Cl-]. The van der Waals surface area contributed by atoms with Gasteiger partial charge in [0.2, 0.25) is 0 Å². The topological polar surface area (TPSA) is 0 Å². The number of fused-ring (bicyclic) bond motifs is 6. The maximum atomic E-state index is 2.63. The summed E-state index contributed by atoms with van der Waals surface area (Å²) in [4.78, 5) is 0. The second-order valence-electron chi connectivity index (χ2n) is 8.30. The molecule has 0 N–H and O–H groups in total. The molecule has 5 rings (SSSR count). The third-order valence-corrected chi connectivity index (χ3v) is 26.3. The number of hydrogen-bond acceptors (Lipinski definition) is 0. The van der Waals surface area contributed by atoms with Gasteiger partial charge in [-0.25, -0.2) is 0 Å². The van der Waals surface area contributed by atoms with Crippen LogP contribution in [0.4, 0.5) is 0 Å². The average Bonchev–Trinajstić information content (AvgIpc) is 2.99. The van der Waals surface area contributed by atoms with Crippen molar-refractivity contribution in [2.24, 2.45) is 0 Å². The van der Waals surface area contributed by atoms with Gasteiger partial charge in [-0.1, -0.05) is 0 Å². The van der Waals surface area contributed by atoms with Crippen LogP contribution in [0.25, 0.3) is 11.1 Å². The van der Waals surface area contributed by atoms with E-state index in [1.54, 1.807) is 33.4 Å². The minimum atomic E-state index is -1.77. The molecular formula is C24H26Cl2SiZr. The molecule has 1 fully saturated rings. The summed E-state index contributed by atoms with van der Waals surface area (Å²) in [6.07, 6.45) is 2.59. The van der Waals surface area contributed by atoms with E-state index in [9.17, 15) is 0 Å². The Bertz CT molecular complexity index is 967. The van der Waals surface area contributed by atoms with Gasteiger partial charge in [0.25, 0.3) is 0 Å². The molecule has 0 radical (unpaired) electrons. The van der Waals surface area contributed by atoms with Crippen LogP contribution < -0.4 is 24.8 Å². The van der Waals surface area contributed by atoms with E-state index >= 15 is 0 Å². The Kier molecular flexibility index (Phi) is 6.67. The molecule has 2 aliphatic carbocycles. The molecule has 0 saturated carbocycles. The normalized spacial score (nSPS) is 21.1. The summed E-state index contributed by atoms with van der Waals surface area (Å²) >= 11 is -1.77. The number of hydrogen-bond donors (Lipinski definition) is 0. The summed E-state index contributed by atoms with van der Waals surface area (Å²) in [5.74, 6) is 0. The molecule has 0 aromatic heterocycles. The van der Waals surface area contributed by atoms with Gasteiger partial charge in [-0.2, -0.15) is 0 Å². The van der Waals surface area contributed by atoms with Crippen LogP contribution in [0.5, 0.6) is 0 Å². The van der Waals surface area contributed by atoms with Gasteiger partial charge in [0, 0.05) is 0 Å². The third kappa shape index (κ3) is 3.11. The van der Waals surface area contributed by atoms with Crippen molar-refractivity contribution in [1.82, 2.24) is 0 Å². The van der Waals surface area contributed by atoms with Crippen LogP contribution in [0.1, 0.15) is 56.2 Å². The molecule has 144 valence electrons. The molecule has 1 aliphatic heterocycles. The van der Waals surface area contributed by atoms with Gasteiger partial charge >= 0.3 is 166 Å². The molecule has 2 unspecified atom stereocenters. The Morgan fingerprint density at radius 2 is 1.11 bits per heavy atom. The van der Waals surface area contributed by atoms with Gasteiger partial charge in [0.15, 0.2) is 0 Å². The average molecular weight is 505 g/mol. The first-order chi connectivity index (χ1) is 12.6. The van der Waals surface area contributed by atoms with E-state index in [1.165, 1.54) is 12.8 Å². The summed E-state index contributed by atoms with van der Waals surface area (Å²) in [5, 5.41) is 0. The predicted molar refractivity (Wildman–Crippen MR) is 110 cm³/mol. The number of benzene rings is 2. The van der Waals surface area contributed by atoms with E-state index in [1.807, 2.05) is 11.1 Å². The molecule has 1 saturated heterocycles. The Morgan fingerprint density at radius 3 is 1.50 bits per heavy atom. The molecule has 3 aliphatic rings. The van der Waals surface area contributed by atoms with E-state index in [2.05, 4.69) is 75.5 Å². The van der Waals surface area contributed by atoms with Crippen molar-refractivity contribution in [3.63, 3.8) is 0 Å². The first-order valence-electron chi connectivity index (χ1n) is 9.84. The second-order valence-corrected chi connectivity index (χ2v) is 26.2. The maximum Gasteiger partial charge on any atom is -1.00 e. The maximum absolute atomic E-state index is 2.63.